The molecule has 0 aliphatic heterocycles. The smallest absolute Gasteiger partial charge is 0.305 e. The molecule has 0 amide bonds. The fraction of sp³-hybridized carbons (Fsp3) is 0.923. The Balaban J connectivity index is 3.26. The van der Waals surface area contributed by atoms with Crippen LogP contribution in [0.25, 0.3) is 0 Å². The van der Waals surface area contributed by atoms with Gasteiger partial charge in [0, 0.05) is 12.8 Å². The molecule has 0 heterocycles. The van der Waals surface area contributed by atoms with Crippen LogP contribution in [-0.2, 0) is 14.3 Å². The number of ether oxygens (including phenoxy) is 1. The zero-order valence-corrected chi connectivity index (χ0v) is 19.7. The quantitative estimate of drug-likeness (QED) is 0.0968. The van der Waals surface area contributed by atoms with Crippen LogP contribution in [0.5, 0.6) is 0 Å². The zero-order valence-electron chi connectivity index (χ0n) is 19.7. The second kappa shape index (κ2) is 23.4. The van der Waals surface area contributed by atoms with Gasteiger partial charge in [-0.1, -0.05) is 110 Å². The fourth-order valence-electron chi connectivity index (χ4n) is 3.80. The van der Waals surface area contributed by atoms with E-state index < -0.39 is 0 Å². The van der Waals surface area contributed by atoms with Gasteiger partial charge in [0.15, 0.2) is 0 Å². The van der Waals surface area contributed by atoms with Crippen molar-refractivity contribution in [3.05, 3.63) is 0 Å². The van der Waals surface area contributed by atoms with E-state index in [-0.39, 0.29) is 5.97 Å². The van der Waals surface area contributed by atoms with E-state index in [1.54, 1.807) is 0 Å². The minimum atomic E-state index is 0.00341. The lowest BCUT2D eigenvalue weighted by Gasteiger charge is -2.14. The van der Waals surface area contributed by atoms with E-state index in [1.165, 1.54) is 89.9 Å². The molecule has 0 rings (SSSR count). The third kappa shape index (κ3) is 21.7. The molecule has 1 unspecified atom stereocenters. The van der Waals surface area contributed by atoms with Crippen LogP contribution in [0.2, 0.25) is 0 Å². The van der Waals surface area contributed by atoms with Gasteiger partial charge in [-0.2, -0.15) is 0 Å². The monoisotopic (exact) mass is 410 g/mol. The minimum Gasteiger partial charge on any atom is -0.465 e. The van der Waals surface area contributed by atoms with Crippen molar-refractivity contribution in [1.29, 1.82) is 0 Å². The Morgan fingerprint density at radius 1 is 0.724 bits per heavy atom. The summed E-state index contributed by atoms with van der Waals surface area (Å²) in [6.07, 6.45) is 24.9. The van der Waals surface area contributed by atoms with E-state index in [2.05, 4.69) is 13.8 Å². The van der Waals surface area contributed by atoms with Gasteiger partial charge in [0.1, 0.15) is 6.29 Å². The molecule has 0 fully saturated rings. The Morgan fingerprint density at radius 2 is 1.21 bits per heavy atom. The summed E-state index contributed by atoms with van der Waals surface area (Å²) in [6, 6.07) is 0. The molecule has 0 aromatic rings. The molecule has 172 valence electrons. The van der Waals surface area contributed by atoms with E-state index in [4.69, 9.17) is 4.74 Å². The molecule has 29 heavy (non-hydrogen) atoms. The van der Waals surface area contributed by atoms with Gasteiger partial charge in [0.2, 0.25) is 0 Å². The summed E-state index contributed by atoms with van der Waals surface area (Å²) in [6.45, 7) is 5.02. The number of carbonyl (C=O) groups is 2. The Hall–Kier alpha value is -0.860. The highest BCUT2D eigenvalue weighted by atomic mass is 16.5. The highest BCUT2D eigenvalue weighted by molar-refractivity contribution is 5.69. The Labute approximate surface area is 181 Å². The summed E-state index contributed by atoms with van der Waals surface area (Å²) < 4.78 is 5.46. The molecule has 0 aliphatic rings. The predicted molar refractivity (Wildman–Crippen MR) is 124 cm³/mol. The van der Waals surface area contributed by atoms with E-state index in [0.717, 1.165) is 38.4 Å². The van der Waals surface area contributed by atoms with Gasteiger partial charge >= 0.3 is 5.97 Å². The lowest BCUT2D eigenvalue weighted by atomic mass is 10.0. The van der Waals surface area contributed by atoms with Crippen LogP contribution < -0.4 is 0 Å². The summed E-state index contributed by atoms with van der Waals surface area (Å²) in [5.41, 5.74) is 0. The fourth-order valence-corrected chi connectivity index (χ4v) is 3.80. The lowest BCUT2D eigenvalue weighted by molar-refractivity contribution is -0.145. The number of aldehydes is 1. The standard InChI is InChI=1S/C26H50O3/c1-3-5-21-25(4-2)24-29-26(28)22-19-17-15-13-11-9-7-6-8-10-12-14-16-18-20-23-27/h23,25H,3-22,24H2,1-2H3. The highest BCUT2D eigenvalue weighted by Gasteiger charge is 2.09. The van der Waals surface area contributed by atoms with E-state index in [0.29, 0.717) is 18.9 Å². The first-order valence-corrected chi connectivity index (χ1v) is 12.8. The molecule has 0 aromatic carbocycles. The summed E-state index contributed by atoms with van der Waals surface area (Å²) in [7, 11) is 0. The van der Waals surface area contributed by atoms with Gasteiger partial charge < -0.3 is 9.53 Å². The molecule has 0 aliphatic carbocycles. The van der Waals surface area contributed by atoms with E-state index >= 15 is 0 Å². The number of carbonyl (C=O) groups excluding carboxylic acids is 2. The Morgan fingerprint density at radius 3 is 1.66 bits per heavy atom. The van der Waals surface area contributed by atoms with Crippen LogP contribution >= 0.6 is 0 Å². The number of rotatable bonds is 23. The van der Waals surface area contributed by atoms with Gasteiger partial charge in [-0.3, -0.25) is 4.79 Å². The van der Waals surface area contributed by atoms with Crippen molar-refractivity contribution in [2.24, 2.45) is 5.92 Å². The van der Waals surface area contributed by atoms with Crippen molar-refractivity contribution in [2.75, 3.05) is 6.61 Å². The molecule has 0 saturated heterocycles. The third-order valence-electron chi connectivity index (χ3n) is 5.98. The van der Waals surface area contributed by atoms with E-state index in [9.17, 15) is 9.59 Å². The van der Waals surface area contributed by atoms with Crippen molar-refractivity contribution in [3.63, 3.8) is 0 Å². The number of esters is 1. The molecule has 0 spiro atoms. The van der Waals surface area contributed by atoms with Gasteiger partial charge in [0.25, 0.3) is 0 Å². The molecule has 0 saturated carbocycles. The molecule has 3 heteroatoms. The molecule has 3 nitrogen and oxygen atoms in total. The van der Waals surface area contributed by atoms with Crippen molar-refractivity contribution < 1.29 is 14.3 Å². The summed E-state index contributed by atoms with van der Waals surface area (Å²) >= 11 is 0. The normalized spacial score (nSPS) is 12.1. The van der Waals surface area contributed by atoms with Gasteiger partial charge in [-0.15, -0.1) is 0 Å². The summed E-state index contributed by atoms with van der Waals surface area (Å²) in [5, 5.41) is 0. The lowest BCUT2D eigenvalue weighted by Crippen LogP contribution is -2.13. The number of hydrogen-bond acceptors (Lipinski definition) is 3. The molecule has 0 aromatic heterocycles. The van der Waals surface area contributed by atoms with Crippen LogP contribution in [0.1, 0.15) is 142 Å². The Kier molecular flexibility index (Phi) is 22.7. The van der Waals surface area contributed by atoms with Gasteiger partial charge in [-0.05, 0) is 25.2 Å². The second-order valence-electron chi connectivity index (χ2n) is 8.75. The van der Waals surface area contributed by atoms with Crippen molar-refractivity contribution in [2.45, 2.75) is 142 Å². The molecular weight excluding hydrogens is 360 g/mol. The van der Waals surface area contributed by atoms with Gasteiger partial charge in [0.05, 0.1) is 6.61 Å². The SMILES string of the molecule is CCCCC(CC)COC(=O)CCCCCCCCCCCCCCCCC=O. The first-order valence-electron chi connectivity index (χ1n) is 12.8. The predicted octanol–water partition coefficient (Wildman–Crippen LogP) is 8.19. The van der Waals surface area contributed by atoms with Crippen LogP contribution in [-0.4, -0.2) is 18.9 Å². The van der Waals surface area contributed by atoms with Crippen LogP contribution in [0.4, 0.5) is 0 Å². The first kappa shape index (κ1) is 28.1. The number of unbranched alkanes of at least 4 members (excludes halogenated alkanes) is 15. The van der Waals surface area contributed by atoms with Crippen LogP contribution in [0, 0.1) is 5.92 Å². The third-order valence-corrected chi connectivity index (χ3v) is 5.98. The van der Waals surface area contributed by atoms with Gasteiger partial charge in [-0.25, -0.2) is 0 Å². The maximum atomic E-state index is 11.8. The average molecular weight is 411 g/mol. The molecular formula is C26H50O3. The molecule has 0 bridgehead atoms. The molecule has 0 N–H and O–H groups in total. The maximum Gasteiger partial charge on any atom is 0.305 e. The number of hydrogen-bond donors (Lipinski definition) is 0. The van der Waals surface area contributed by atoms with Crippen molar-refractivity contribution >= 4 is 12.3 Å². The largest absolute Gasteiger partial charge is 0.465 e. The van der Waals surface area contributed by atoms with Crippen molar-refractivity contribution in [3.8, 4) is 0 Å². The molecule has 0 radical (unpaired) electrons. The second-order valence-corrected chi connectivity index (χ2v) is 8.75. The summed E-state index contributed by atoms with van der Waals surface area (Å²) in [4.78, 5) is 22.1. The minimum absolute atomic E-state index is 0.00341. The van der Waals surface area contributed by atoms with Crippen LogP contribution in [0.3, 0.4) is 0 Å². The van der Waals surface area contributed by atoms with E-state index in [1.807, 2.05) is 0 Å². The maximum absolute atomic E-state index is 11.8. The molecule has 1 atom stereocenters. The topological polar surface area (TPSA) is 43.4 Å². The first-order chi connectivity index (χ1) is 14.2. The van der Waals surface area contributed by atoms with Crippen LogP contribution in [0.15, 0.2) is 0 Å². The van der Waals surface area contributed by atoms with Crippen molar-refractivity contribution in [1.82, 2.24) is 0 Å². The average Bonchev–Trinajstić information content (AvgIpc) is 2.73. The Bertz CT molecular complexity index is 354. The highest BCUT2D eigenvalue weighted by Crippen LogP contribution is 2.15. The summed E-state index contributed by atoms with van der Waals surface area (Å²) in [5.74, 6) is 0.552. The zero-order chi connectivity index (χ0) is 21.4.